The van der Waals surface area contributed by atoms with Gasteiger partial charge in [-0.3, -0.25) is 14.4 Å². The molecule has 45 heavy (non-hydrogen) atoms. The zero-order chi connectivity index (χ0) is 32.5. The van der Waals surface area contributed by atoms with Gasteiger partial charge in [-0.25, -0.2) is 9.78 Å². The van der Waals surface area contributed by atoms with Gasteiger partial charge in [-0.2, -0.15) is 0 Å². The second-order valence-corrected chi connectivity index (χ2v) is 11.5. The van der Waals surface area contributed by atoms with E-state index in [9.17, 15) is 29.4 Å². The molecule has 0 spiro atoms. The van der Waals surface area contributed by atoms with E-state index in [-0.39, 0.29) is 37.4 Å². The number of nitrogens with two attached hydrogens (primary N) is 1. The normalized spacial score (nSPS) is 14.0. The molecule has 0 radical (unpaired) electrons. The summed E-state index contributed by atoms with van der Waals surface area (Å²) in [5.74, 6) is -3.13. The number of carboxylic acid groups (broad SMARTS) is 1. The number of rotatable bonds is 15. The summed E-state index contributed by atoms with van der Waals surface area (Å²) in [6.45, 7) is 3.67. The summed E-state index contributed by atoms with van der Waals surface area (Å²) in [5.41, 5.74) is 9.22. The molecule has 0 fully saturated rings. The zero-order valence-electron chi connectivity index (χ0n) is 25.1. The number of imidazole rings is 1. The number of para-hydroxylation sites is 1. The average Bonchev–Trinajstić information content (AvgIpc) is 3.67. The number of fused-ring (bicyclic) bond motifs is 1. The predicted molar refractivity (Wildman–Crippen MR) is 167 cm³/mol. The largest absolute Gasteiger partial charge is 0.508 e. The molecule has 2 aromatic carbocycles. The van der Waals surface area contributed by atoms with Gasteiger partial charge in [0.05, 0.1) is 12.4 Å². The van der Waals surface area contributed by atoms with Crippen LogP contribution in [0.1, 0.15) is 37.1 Å². The van der Waals surface area contributed by atoms with E-state index in [1.54, 1.807) is 18.3 Å². The van der Waals surface area contributed by atoms with Crippen molar-refractivity contribution in [2.24, 2.45) is 11.7 Å². The SMILES string of the molecule is CC(C)CC(NC(=O)C(Cc1ccc(O)cc1)NC(=O)C(Cc1cnc[nH]1)NC(=O)C(N)Cc1c[nH]c2ccccc12)C(=O)O. The van der Waals surface area contributed by atoms with Crippen LogP contribution in [0.25, 0.3) is 10.9 Å². The van der Waals surface area contributed by atoms with E-state index in [0.717, 1.165) is 16.5 Å². The highest BCUT2D eigenvalue weighted by Gasteiger charge is 2.31. The number of phenolic OH excluding ortho intramolecular Hbond substituents is 1. The van der Waals surface area contributed by atoms with E-state index in [1.165, 1.54) is 24.7 Å². The maximum atomic E-state index is 13.7. The van der Waals surface area contributed by atoms with Gasteiger partial charge in [-0.1, -0.05) is 44.2 Å². The molecule has 0 aliphatic rings. The number of aromatic nitrogens is 3. The van der Waals surface area contributed by atoms with Gasteiger partial charge in [0.15, 0.2) is 0 Å². The van der Waals surface area contributed by atoms with Crippen molar-refractivity contribution in [3.05, 3.63) is 84.1 Å². The molecule has 13 heteroatoms. The van der Waals surface area contributed by atoms with Gasteiger partial charge in [-0.15, -0.1) is 0 Å². The number of benzene rings is 2. The molecule has 0 saturated heterocycles. The Morgan fingerprint density at radius 2 is 1.49 bits per heavy atom. The molecule has 0 saturated carbocycles. The van der Waals surface area contributed by atoms with Crippen LogP contribution in [0.2, 0.25) is 0 Å². The van der Waals surface area contributed by atoms with Crippen molar-refractivity contribution in [2.75, 3.05) is 0 Å². The summed E-state index contributed by atoms with van der Waals surface area (Å²) in [6.07, 6.45) is 5.18. The summed E-state index contributed by atoms with van der Waals surface area (Å²) < 4.78 is 0. The predicted octanol–water partition coefficient (Wildman–Crippen LogP) is 1.54. The van der Waals surface area contributed by atoms with Crippen molar-refractivity contribution >= 4 is 34.6 Å². The van der Waals surface area contributed by atoms with E-state index in [4.69, 9.17) is 5.73 Å². The molecular formula is C32H39N7O6. The van der Waals surface area contributed by atoms with Crippen LogP contribution in [0.4, 0.5) is 0 Å². The monoisotopic (exact) mass is 617 g/mol. The molecule has 4 atom stereocenters. The molecule has 2 aromatic heterocycles. The molecule has 0 aliphatic carbocycles. The fourth-order valence-electron chi connectivity index (χ4n) is 5.05. The smallest absolute Gasteiger partial charge is 0.326 e. The lowest BCUT2D eigenvalue weighted by atomic mass is 10.0. The Balaban J connectivity index is 1.53. The number of nitrogens with one attached hydrogen (secondary N) is 5. The van der Waals surface area contributed by atoms with Crippen molar-refractivity contribution in [3.63, 3.8) is 0 Å². The highest BCUT2D eigenvalue weighted by atomic mass is 16.4. The number of aromatic amines is 2. The van der Waals surface area contributed by atoms with Gasteiger partial charge in [0, 0.05) is 41.8 Å². The van der Waals surface area contributed by atoms with E-state index in [1.807, 2.05) is 38.1 Å². The molecule has 238 valence electrons. The Hall–Kier alpha value is -5.17. The number of aromatic hydroxyl groups is 1. The van der Waals surface area contributed by atoms with Crippen LogP contribution in [0, 0.1) is 5.92 Å². The fourth-order valence-corrected chi connectivity index (χ4v) is 5.05. The van der Waals surface area contributed by atoms with Gasteiger partial charge < -0.3 is 41.9 Å². The topological polar surface area (TPSA) is 215 Å². The molecule has 0 aliphatic heterocycles. The molecule has 9 N–H and O–H groups in total. The molecule has 0 bridgehead atoms. The Kier molecular flexibility index (Phi) is 10.9. The first-order chi connectivity index (χ1) is 21.5. The molecule has 4 aromatic rings. The Bertz CT molecular complexity index is 1600. The second-order valence-electron chi connectivity index (χ2n) is 11.5. The number of carbonyl (C=O) groups is 4. The number of nitrogens with zero attached hydrogens (tertiary/aromatic N) is 1. The van der Waals surface area contributed by atoms with Crippen molar-refractivity contribution in [1.29, 1.82) is 0 Å². The molecule has 3 amide bonds. The van der Waals surface area contributed by atoms with Crippen LogP contribution in [-0.4, -0.2) is 73.0 Å². The lowest BCUT2D eigenvalue weighted by molar-refractivity contribution is -0.142. The number of carbonyl (C=O) groups excluding carboxylic acids is 3. The third-order valence-corrected chi connectivity index (χ3v) is 7.39. The second kappa shape index (κ2) is 15.0. The van der Waals surface area contributed by atoms with Crippen LogP contribution in [0.15, 0.2) is 67.3 Å². The van der Waals surface area contributed by atoms with Crippen LogP contribution in [-0.2, 0) is 38.4 Å². The third-order valence-electron chi connectivity index (χ3n) is 7.39. The summed E-state index contributed by atoms with van der Waals surface area (Å²) >= 11 is 0. The van der Waals surface area contributed by atoms with Crippen LogP contribution in [0.5, 0.6) is 5.75 Å². The quantitative estimate of drug-likeness (QED) is 0.0977. The number of aliphatic carboxylic acids is 1. The highest BCUT2D eigenvalue weighted by molar-refractivity contribution is 5.94. The van der Waals surface area contributed by atoms with Gasteiger partial charge in [0.25, 0.3) is 0 Å². The Morgan fingerprint density at radius 1 is 0.844 bits per heavy atom. The molecule has 13 nitrogen and oxygen atoms in total. The molecule has 2 heterocycles. The first-order valence-electron chi connectivity index (χ1n) is 14.7. The minimum Gasteiger partial charge on any atom is -0.508 e. The van der Waals surface area contributed by atoms with E-state index in [0.29, 0.717) is 11.3 Å². The minimum absolute atomic E-state index is 0.00330. The average molecular weight is 618 g/mol. The number of hydrogen-bond acceptors (Lipinski definition) is 7. The number of phenols is 1. The fraction of sp³-hybridized carbons (Fsp3) is 0.344. The van der Waals surface area contributed by atoms with E-state index < -0.39 is 47.9 Å². The number of carboxylic acids is 1. The van der Waals surface area contributed by atoms with E-state index in [2.05, 4.69) is 30.9 Å². The van der Waals surface area contributed by atoms with Crippen LogP contribution >= 0.6 is 0 Å². The summed E-state index contributed by atoms with van der Waals surface area (Å²) in [6, 6.07) is 9.22. The highest BCUT2D eigenvalue weighted by Crippen LogP contribution is 2.19. The third kappa shape index (κ3) is 9.16. The molecular weight excluding hydrogens is 578 g/mol. The summed E-state index contributed by atoms with van der Waals surface area (Å²) in [4.78, 5) is 62.4. The minimum atomic E-state index is -1.20. The van der Waals surface area contributed by atoms with Crippen molar-refractivity contribution in [3.8, 4) is 5.75 Å². The first kappa shape index (κ1) is 32.7. The number of hydrogen-bond donors (Lipinski definition) is 8. The molecule has 4 unspecified atom stereocenters. The van der Waals surface area contributed by atoms with E-state index >= 15 is 0 Å². The Labute approximate surface area is 260 Å². The Morgan fingerprint density at radius 3 is 2.13 bits per heavy atom. The standard InChI is InChI=1S/C32H39N7O6/c1-18(2)11-28(32(44)45)39-30(42)26(12-19-7-9-22(40)10-8-19)38-31(43)27(14-21-16-34-17-36-21)37-29(41)24(33)13-20-15-35-25-6-4-3-5-23(20)25/h3-10,15-18,24,26-28,35,40H,11-14,33H2,1-2H3,(H,34,36)(H,37,41)(H,38,43)(H,39,42)(H,44,45). The van der Waals surface area contributed by atoms with Gasteiger partial charge in [0.1, 0.15) is 23.9 Å². The maximum absolute atomic E-state index is 13.7. The van der Waals surface area contributed by atoms with Crippen LogP contribution in [0.3, 0.4) is 0 Å². The zero-order valence-corrected chi connectivity index (χ0v) is 25.1. The van der Waals surface area contributed by atoms with Crippen molar-refractivity contribution < 1.29 is 29.4 Å². The van der Waals surface area contributed by atoms with Gasteiger partial charge >= 0.3 is 5.97 Å². The summed E-state index contributed by atoms with van der Waals surface area (Å²) in [5, 5.41) is 28.3. The van der Waals surface area contributed by atoms with Crippen LogP contribution < -0.4 is 21.7 Å². The van der Waals surface area contributed by atoms with Crippen molar-refractivity contribution in [1.82, 2.24) is 30.9 Å². The number of H-pyrrole nitrogens is 2. The first-order valence-corrected chi connectivity index (χ1v) is 14.7. The molecule has 4 rings (SSSR count). The van der Waals surface area contributed by atoms with Crippen molar-refractivity contribution in [2.45, 2.75) is 63.7 Å². The van der Waals surface area contributed by atoms with Gasteiger partial charge in [0.2, 0.25) is 17.7 Å². The maximum Gasteiger partial charge on any atom is 0.326 e. The summed E-state index contributed by atoms with van der Waals surface area (Å²) in [7, 11) is 0. The van der Waals surface area contributed by atoms with Gasteiger partial charge in [-0.05, 0) is 48.1 Å². The lowest BCUT2D eigenvalue weighted by Gasteiger charge is -2.25. The lowest BCUT2D eigenvalue weighted by Crippen LogP contribution is -2.58. The number of amides is 3.